The molecule has 1 aliphatic rings. The van der Waals surface area contributed by atoms with Gasteiger partial charge in [0, 0.05) is 30.2 Å². The third-order valence-corrected chi connectivity index (χ3v) is 3.78. The molecule has 2 heterocycles. The van der Waals surface area contributed by atoms with Gasteiger partial charge in [-0.1, -0.05) is 23.4 Å². The molecule has 0 bridgehead atoms. The standard InChI is InChI=1S/C17H21N3O/c1-2-21-19-17(20-10-6-3-7-11-20)15-12-14-8-4-5-9-16(14)18-13-15/h4-5,8-9,12-13H,2-3,6-7,10-11H2,1H3. The van der Waals surface area contributed by atoms with Crippen LogP contribution in [-0.2, 0) is 4.84 Å². The highest BCUT2D eigenvalue weighted by molar-refractivity contribution is 6.00. The third kappa shape index (κ3) is 3.15. The summed E-state index contributed by atoms with van der Waals surface area (Å²) in [5, 5.41) is 5.48. The van der Waals surface area contributed by atoms with Gasteiger partial charge in [0.1, 0.15) is 6.61 Å². The molecule has 1 fully saturated rings. The van der Waals surface area contributed by atoms with Crippen LogP contribution in [0.15, 0.2) is 41.7 Å². The topological polar surface area (TPSA) is 37.7 Å². The lowest BCUT2D eigenvalue weighted by Gasteiger charge is -2.29. The molecule has 21 heavy (non-hydrogen) atoms. The summed E-state index contributed by atoms with van der Waals surface area (Å²) in [5.41, 5.74) is 2.04. The molecule has 0 amide bonds. The molecular weight excluding hydrogens is 262 g/mol. The number of benzene rings is 1. The van der Waals surface area contributed by atoms with Gasteiger partial charge in [-0.15, -0.1) is 0 Å². The molecule has 0 N–H and O–H groups in total. The number of rotatable bonds is 3. The lowest BCUT2D eigenvalue weighted by Crippen LogP contribution is -2.36. The number of amidine groups is 1. The molecule has 1 aromatic heterocycles. The van der Waals surface area contributed by atoms with Gasteiger partial charge in [0.2, 0.25) is 0 Å². The van der Waals surface area contributed by atoms with E-state index in [-0.39, 0.29) is 0 Å². The minimum Gasteiger partial charge on any atom is -0.394 e. The fourth-order valence-electron chi connectivity index (χ4n) is 2.72. The summed E-state index contributed by atoms with van der Waals surface area (Å²) in [7, 11) is 0. The van der Waals surface area contributed by atoms with Crippen LogP contribution >= 0.6 is 0 Å². The van der Waals surface area contributed by atoms with E-state index >= 15 is 0 Å². The van der Waals surface area contributed by atoms with Crippen molar-refractivity contribution in [2.24, 2.45) is 5.16 Å². The average molecular weight is 283 g/mol. The second-order valence-corrected chi connectivity index (χ2v) is 5.30. The monoisotopic (exact) mass is 283 g/mol. The zero-order valence-electron chi connectivity index (χ0n) is 12.5. The Morgan fingerprint density at radius 3 is 2.86 bits per heavy atom. The fourth-order valence-corrected chi connectivity index (χ4v) is 2.72. The molecule has 0 radical (unpaired) electrons. The number of hydrogen-bond acceptors (Lipinski definition) is 3. The Hall–Kier alpha value is -2.10. The van der Waals surface area contributed by atoms with Crippen molar-refractivity contribution >= 4 is 16.7 Å². The van der Waals surface area contributed by atoms with Gasteiger partial charge in [-0.25, -0.2) is 0 Å². The van der Waals surface area contributed by atoms with Gasteiger partial charge >= 0.3 is 0 Å². The van der Waals surface area contributed by atoms with E-state index in [1.54, 1.807) is 0 Å². The Kier molecular flexibility index (Phi) is 4.34. The maximum absolute atomic E-state index is 5.33. The first-order valence-electron chi connectivity index (χ1n) is 7.68. The molecule has 110 valence electrons. The second-order valence-electron chi connectivity index (χ2n) is 5.30. The molecule has 4 heteroatoms. The Morgan fingerprint density at radius 2 is 2.05 bits per heavy atom. The van der Waals surface area contributed by atoms with Crippen molar-refractivity contribution in [2.45, 2.75) is 26.2 Å². The molecule has 1 saturated heterocycles. The third-order valence-electron chi connectivity index (χ3n) is 3.78. The summed E-state index contributed by atoms with van der Waals surface area (Å²) >= 11 is 0. The van der Waals surface area contributed by atoms with Gasteiger partial charge in [-0.2, -0.15) is 0 Å². The van der Waals surface area contributed by atoms with E-state index in [1.807, 2.05) is 31.3 Å². The molecule has 1 aliphatic heterocycles. The molecule has 0 spiro atoms. The van der Waals surface area contributed by atoms with E-state index in [4.69, 9.17) is 4.84 Å². The second kappa shape index (κ2) is 6.57. The van der Waals surface area contributed by atoms with Crippen molar-refractivity contribution in [3.63, 3.8) is 0 Å². The first kappa shape index (κ1) is 13.9. The zero-order valence-corrected chi connectivity index (χ0v) is 12.5. The number of para-hydroxylation sites is 1. The van der Waals surface area contributed by atoms with E-state index < -0.39 is 0 Å². The number of hydrogen-bond donors (Lipinski definition) is 0. The zero-order chi connectivity index (χ0) is 14.5. The summed E-state index contributed by atoms with van der Waals surface area (Å²) in [6.07, 6.45) is 5.63. The largest absolute Gasteiger partial charge is 0.394 e. The average Bonchev–Trinajstić information content (AvgIpc) is 2.56. The van der Waals surface area contributed by atoms with Crippen LogP contribution in [0.4, 0.5) is 0 Å². The number of piperidine rings is 1. The lowest BCUT2D eigenvalue weighted by atomic mass is 10.1. The minimum atomic E-state index is 0.582. The van der Waals surface area contributed by atoms with E-state index in [0.29, 0.717) is 6.61 Å². The highest BCUT2D eigenvalue weighted by Gasteiger charge is 2.18. The smallest absolute Gasteiger partial charge is 0.177 e. The molecule has 0 aliphatic carbocycles. The summed E-state index contributed by atoms with van der Waals surface area (Å²) in [6.45, 7) is 4.62. The van der Waals surface area contributed by atoms with Crippen LogP contribution in [0.25, 0.3) is 10.9 Å². The normalized spacial score (nSPS) is 16.2. The van der Waals surface area contributed by atoms with Crippen LogP contribution in [0.3, 0.4) is 0 Å². The van der Waals surface area contributed by atoms with Gasteiger partial charge in [-0.05, 0) is 38.3 Å². The molecule has 2 aromatic rings. The summed E-state index contributed by atoms with van der Waals surface area (Å²) in [4.78, 5) is 12.2. The van der Waals surface area contributed by atoms with Crippen molar-refractivity contribution in [1.29, 1.82) is 0 Å². The van der Waals surface area contributed by atoms with Crippen molar-refractivity contribution < 1.29 is 4.84 Å². The number of oxime groups is 1. The minimum absolute atomic E-state index is 0.582. The van der Waals surface area contributed by atoms with Crippen LogP contribution in [-0.4, -0.2) is 35.4 Å². The Labute approximate surface area is 125 Å². The maximum atomic E-state index is 5.33. The molecule has 1 aromatic carbocycles. The SMILES string of the molecule is CCON=C(c1cnc2ccccc2c1)N1CCCCC1. The van der Waals surface area contributed by atoms with E-state index in [2.05, 4.69) is 27.2 Å². The quantitative estimate of drug-likeness (QED) is 0.492. The number of nitrogens with zero attached hydrogens (tertiary/aromatic N) is 3. The predicted molar refractivity (Wildman–Crippen MR) is 85.3 cm³/mol. The highest BCUT2D eigenvalue weighted by Crippen LogP contribution is 2.18. The molecule has 0 unspecified atom stereocenters. The lowest BCUT2D eigenvalue weighted by molar-refractivity contribution is 0.152. The van der Waals surface area contributed by atoms with Gasteiger partial charge in [0.25, 0.3) is 0 Å². The Morgan fingerprint density at radius 1 is 1.24 bits per heavy atom. The molecular formula is C17H21N3O. The van der Waals surface area contributed by atoms with E-state index in [1.165, 1.54) is 19.3 Å². The fraction of sp³-hybridized carbons (Fsp3) is 0.412. The highest BCUT2D eigenvalue weighted by atomic mass is 16.6. The van der Waals surface area contributed by atoms with Crippen molar-refractivity contribution in [3.05, 3.63) is 42.1 Å². The molecule has 3 rings (SSSR count). The number of aromatic nitrogens is 1. The van der Waals surface area contributed by atoms with Gasteiger partial charge in [0.05, 0.1) is 5.52 Å². The van der Waals surface area contributed by atoms with Gasteiger partial charge in [0.15, 0.2) is 5.84 Å². The Bertz CT molecular complexity index is 633. The van der Waals surface area contributed by atoms with Crippen LogP contribution < -0.4 is 0 Å². The predicted octanol–water partition coefficient (Wildman–Crippen LogP) is 3.42. The van der Waals surface area contributed by atoms with Crippen LogP contribution in [0.2, 0.25) is 0 Å². The maximum Gasteiger partial charge on any atom is 0.177 e. The van der Waals surface area contributed by atoms with E-state index in [9.17, 15) is 0 Å². The van der Waals surface area contributed by atoms with Crippen LogP contribution in [0.5, 0.6) is 0 Å². The summed E-state index contributed by atoms with van der Waals surface area (Å²) < 4.78 is 0. The summed E-state index contributed by atoms with van der Waals surface area (Å²) in [5.74, 6) is 0.912. The Balaban J connectivity index is 1.96. The van der Waals surface area contributed by atoms with Crippen molar-refractivity contribution in [3.8, 4) is 0 Å². The number of fused-ring (bicyclic) bond motifs is 1. The van der Waals surface area contributed by atoms with Crippen LogP contribution in [0.1, 0.15) is 31.7 Å². The first-order chi connectivity index (χ1) is 10.4. The van der Waals surface area contributed by atoms with E-state index in [0.717, 1.165) is 35.4 Å². The van der Waals surface area contributed by atoms with Crippen LogP contribution in [0, 0.1) is 0 Å². The molecule has 0 atom stereocenters. The van der Waals surface area contributed by atoms with Gasteiger partial charge in [-0.3, -0.25) is 4.98 Å². The molecule has 4 nitrogen and oxygen atoms in total. The first-order valence-corrected chi connectivity index (χ1v) is 7.68. The molecule has 0 saturated carbocycles. The van der Waals surface area contributed by atoms with Crippen molar-refractivity contribution in [1.82, 2.24) is 9.88 Å². The van der Waals surface area contributed by atoms with Crippen molar-refractivity contribution in [2.75, 3.05) is 19.7 Å². The van der Waals surface area contributed by atoms with Gasteiger partial charge < -0.3 is 9.74 Å². The summed E-state index contributed by atoms with van der Waals surface area (Å²) in [6, 6.07) is 10.3. The number of likely N-dealkylation sites (tertiary alicyclic amines) is 1. The number of pyridine rings is 1.